The molecule has 0 aromatic heterocycles. The normalized spacial score (nSPS) is 26.3. The predicted molar refractivity (Wildman–Crippen MR) is 162 cm³/mol. The van der Waals surface area contributed by atoms with Gasteiger partial charge in [0, 0.05) is 47.0 Å². The standard InChI is InChI=1S/C32H35N3O9S/c1-14-7-18-8-19-20(9-33)35-21(24-15(2)29(44-17(4)36)16(3)30-31(24)43-13-42-30)10-41-32(39)23(37)12-45-11-22(35)26(34(19)5)25(18)27(38)28(14)40-6/h7,19-22,26,38H,8,10-13H2,1-6H3/t19?,20-,21-,22-,26?/m0/s1. The second-order valence-electron chi connectivity index (χ2n) is 11.8. The summed E-state index contributed by atoms with van der Waals surface area (Å²) in [5, 5.41) is 22.5. The highest BCUT2D eigenvalue weighted by Gasteiger charge is 2.55. The number of fused-ring (bicyclic) bond motifs is 7. The molecule has 4 aliphatic rings. The van der Waals surface area contributed by atoms with Crippen LogP contribution in [0.25, 0.3) is 0 Å². The Morgan fingerprint density at radius 2 is 1.82 bits per heavy atom. The molecule has 2 unspecified atom stereocenters. The average molecular weight is 638 g/mol. The summed E-state index contributed by atoms with van der Waals surface area (Å²) >= 11 is 1.28. The van der Waals surface area contributed by atoms with E-state index in [9.17, 15) is 24.8 Å². The molecule has 2 aromatic rings. The molecule has 1 N–H and O–H groups in total. The van der Waals surface area contributed by atoms with Gasteiger partial charge in [-0.2, -0.15) is 17.0 Å². The third kappa shape index (κ3) is 4.86. The zero-order valence-corrected chi connectivity index (χ0v) is 26.8. The highest BCUT2D eigenvalue weighted by atomic mass is 32.2. The van der Waals surface area contributed by atoms with Crippen LogP contribution in [0.2, 0.25) is 0 Å². The number of methoxy groups -OCH3 is 1. The van der Waals surface area contributed by atoms with E-state index in [1.54, 1.807) is 13.8 Å². The molecule has 0 radical (unpaired) electrons. The molecule has 0 aliphatic carbocycles. The summed E-state index contributed by atoms with van der Waals surface area (Å²) in [5.41, 5.74) is 4.10. The van der Waals surface area contributed by atoms with Gasteiger partial charge in [0.2, 0.25) is 12.6 Å². The SMILES string of the molecule is COc1c(C)cc2c(c1O)C1[C@@H]3CSCC(=O)C(=O)OC[C@@H](c4c(C)c(OC(C)=O)c(C)c5c4OCO5)N3[C@@H](C#N)C(C2)N1C. The maximum atomic E-state index is 12.8. The lowest BCUT2D eigenvalue weighted by atomic mass is 9.76. The number of phenolic OH excluding ortho intramolecular Hbond substituents is 1. The number of ketones is 1. The number of Topliss-reactive ketones (excluding diaryl/α,β-unsaturated/α-hetero) is 1. The van der Waals surface area contributed by atoms with Crippen molar-refractivity contribution in [3.05, 3.63) is 39.4 Å². The van der Waals surface area contributed by atoms with Crippen molar-refractivity contribution < 1.29 is 43.2 Å². The summed E-state index contributed by atoms with van der Waals surface area (Å²) < 4.78 is 28.8. The number of nitrogens with zero attached hydrogens (tertiary/aromatic N) is 3. The number of hydrogen-bond donors (Lipinski definition) is 1. The third-order valence-corrected chi connectivity index (χ3v) is 10.4. The van der Waals surface area contributed by atoms with Gasteiger partial charge in [-0.15, -0.1) is 0 Å². The van der Waals surface area contributed by atoms with Gasteiger partial charge in [-0.25, -0.2) is 4.79 Å². The molecular formula is C32H35N3O9S. The Bertz CT molecular complexity index is 1650. The number of ether oxygens (including phenoxy) is 5. The first kappa shape index (κ1) is 31.0. The van der Waals surface area contributed by atoms with E-state index in [-0.39, 0.29) is 30.9 Å². The average Bonchev–Trinajstić information content (AvgIpc) is 3.48. The second kappa shape index (κ2) is 11.7. The van der Waals surface area contributed by atoms with Crippen molar-refractivity contribution in [2.24, 2.45) is 0 Å². The van der Waals surface area contributed by atoms with E-state index >= 15 is 0 Å². The minimum atomic E-state index is -0.962. The van der Waals surface area contributed by atoms with Crippen LogP contribution in [-0.2, 0) is 25.5 Å². The van der Waals surface area contributed by atoms with Crippen molar-refractivity contribution in [3.8, 4) is 34.8 Å². The number of thioether (sulfide) groups is 1. The van der Waals surface area contributed by atoms with Crippen LogP contribution < -0.4 is 18.9 Å². The molecule has 13 heteroatoms. The Labute approximate surface area is 265 Å². The number of rotatable bonds is 3. The minimum absolute atomic E-state index is 0.0422. The molecule has 2 saturated heterocycles. The molecule has 0 saturated carbocycles. The highest BCUT2D eigenvalue weighted by Crippen LogP contribution is 2.55. The quantitative estimate of drug-likeness (QED) is 0.299. The zero-order chi connectivity index (χ0) is 32.3. The number of hydrogen-bond acceptors (Lipinski definition) is 13. The minimum Gasteiger partial charge on any atom is -0.504 e. The Balaban J connectivity index is 1.61. The molecule has 4 aliphatic heterocycles. The number of carbonyl (C=O) groups excluding carboxylic acids is 3. The molecule has 2 fully saturated rings. The number of aryl methyl sites for hydroxylation is 1. The molecule has 238 valence electrons. The van der Waals surface area contributed by atoms with Crippen molar-refractivity contribution in [2.75, 3.05) is 39.1 Å². The summed E-state index contributed by atoms with van der Waals surface area (Å²) in [5.74, 6) is -0.383. The number of esters is 2. The van der Waals surface area contributed by atoms with E-state index in [2.05, 4.69) is 11.0 Å². The first-order valence-corrected chi connectivity index (χ1v) is 15.8. The lowest BCUT2D eigenvalue weighted by Gasteiger charge is -2.58. The molecule has 2 aromatic carbocycles. The third-order valence-electron chi connectivity index (χ3n) is 9.37. The van der Waals surface area contributed by atoms with Gasteiger partial charge in [0.05, 0.1) is 31.0 Å². The summed E-state index contributed by atoms with van der Waals surface area (Å²) in [6.45, 7) is 6.38. The van der Waals surface area contributed by atoms with E-state index in [0.29, 0.717) is 57.4 Å². The fraction of sp³-hybridized carbons (Fsp3) is 0.500. The van der Waals surface area contributed by atoms with Gasteiger partial charge in [0.15, 0.2) is 23.0 Å². The zero-order valence-electron chi connectivity index (χ0n) is 26.0. The molecule has 0 amide bonds. The van der Waals surface area contributed by atoms with Crippen LogP contribution in [0.4, 0.5) is 0 Å². The molecule has 0 spiro atoms. The molecular weight excluding hydrogens is 602 g/mol. The van der Waals surface area contributed by atoms with Crippen molar-refractivity contribution in [3.63, 3.8) is 0 Å². The van der Waals surface area contributed by atoms with E-state index in [0.717, 1.165) is 11.1 Å². The summed E-state index contributed by atoms with van der Waals surface area (Å²) in [7, 11) is 3.46. The Morgan fingerprint density at radius 1 is 1.09 bits per heavy atom. The molecule has 4 heterocycles. The predicted octanol–water partition coefficient (Wildman–Crippen LogP) is 3.05. The van der Waals surface area contributed by atoms with E-state index < -0.39 is 41.9 Å². The fourth-order valence-electron chi connectivity index (χ4n) is 7.54. The number of aromatic hydroxyl groups is 1. The number of phenols is 1. The summed E-state index contributed by atoms with van der Waals surface area (Å²) in [6, 6.07) is 1.87. The van der Waals surface area contributed by atoms with Gasteiger partial charge in [-0.3, -0.25) is 19.4 Å². The van der Waals surface area contributed by atoms with Crippen LogP contribution in [0.1, 0.15) is 52.4 Å². The van der Waals surface area contributed by atoms with E-state index in [1.165, 1.54) is 25.8 Å². The summed E-state index contributed by atoms with van der Waals surface area (Å²) in [4.78, 5) is 41.9. The number of carbonyl (C=O) groups is 3. The van der Waals surface area contributed by atoms with Crippen molar-refractivity contribution in [1.29, 1.82) is 5.26 Å². The maximum Gasteiger partial charge on any atom is 0.375 e. The van der Waals surface area contributed by atoms with E-state index in [4.69, 9.17) is 23.7 Å². The second-order valence-corrected chi connectivity index (χ2v) is 12.9. The Hall–Kier alpha value is -3.99. The van der Waals surface area contributed by atoms with Crippen LogP contribution in [0, 0.1) is 32.1 Å². The van der Waals surface area contributed by atoms with Crippen molar-refractivity contribution in [1.82, 2.24) is 9.80 Å². The van der Waals surface area contributed by atoms with Gasteiger partial charge in [0.1, 0.15) is 18.4 Å². The van der Waals surface area contributed by atoms with Crippen LogP contribution >= 0.6 is 11.8 Å². The van der Waals surface area contributed by atoms with Crippen LogP contribution in [0.5, 0.6) is 28.7 Å². The molecule has 12 nitrogen and oxygen atoms in total. The number of nitriles is 1. The molecule has 6 rings (SSSR count). The smallest absolute Gasteiger partial charge is 0.375 e. The number of cyclic esters (lactones) is 1. The van der Waals surface area contributed by atoms with Crippen LogP contribution in [0.3, 0.4) is 0 Å². The van der Waals surface area contributed by atoms with Gasteiger partial charge < -0.3 is 28.8 Å². The van der Waals surface area contributed by atoms with Crippen molar-refractivity contribution >= 4 is 29.5 Å². The summed E-state index contributed by atoms with van der Waals surface area (Å²) in [6.07, 6.45) is 0.476. The number of likely N-dealkylation sites (N-methyl/N-ethyl adjacent to an activating group) is 1. The monoisotopic (exact) mass is 637 g/mol. The lowest BCUT2D eigenvalue weighted by molar-refractivity contribution is -0.156. The molecule has 45 heavy (non-hydrogen) atoms. The van der Waals surface area contributed by atoms with Gasteiger partial charge in [-0.1, -0.05) is 6.07 Å². The maximum absolute atomic E-state index is 12.8. The largest absolute Gasteiger partial charge is 0.504 e. The van der Waals surface area contributed by atoms with Crippen LogP contribution in [0.15, 0.2) is 6.07 Å². The Morgan fingerprint density at radius 3 is 2.51 bits per heavy atom. The van der Waals surface area contributed by atoms with Crippen LogP contribution in [-0.4, -0.2) is 89.8 Å². The molecule has 2 bridgehead atoms. The van der Waals surface area contributed by atoms with Gasteiger partial charge in [0.25, 0.3) is 0 Å². The van der Waals surface area contributed by atoms with E-state index in [1.807, 2.05) is 24.9 Å². The first-order chi connectivity index (χ1) is 21.5. The van der Waals surface area contributed by atoms with Gasteiger partial charge >= 0.3 is 11.9 Å². The topological polar surface area (TPSA) is 148 Å². The highest BCUT2D eigenvalue weighted by molar-refractivity contribution is 8.00. The Kier molecular flexibility index (Phi) is 8.09. The number of piperazine rings is 1. The van der Waals surface area contributed by atoms with Gasteiger partial charge in [-0.05, 0) is 45.4 Å². The first-order valence-electron chi connectivity index (χ1n) is 14.7. The lowest BCUT2D eigenvalue weighted by Crippen LogP contribution is -2.67. The fourth-order valence-corrected chi connectivity index (χ4v) is 8.56. The molecule has 5 atom stereocenters. The van der Waals surface area contributed by atoms with Crippen molar-refractivity contribution in [2.45, 2.75) is 64.3 Å². The number of benzene rings is 2.